The number of nitrogens with two attached hydrogens (primary N) is 1. The van der Waals surface area contributed by atoms with Crippen molar-refractivity contribution in [1.82, 2.24) is 0 Å². The molecule has 1 saturated heterocycles. The molecule has 1 rings (SSSR count). The summed E-state index contributed by atoms with van der Waals surface area (Å²) in [5.74, 6) is -1.59. The maximum atomic E-state index is 10.5. The second-order valence-electron chi connectivity index (χ2n) is 2.87. The number of carboxylic acid groups (broad SMARTS) is 1. The number of aliphatic hydroxyl groups excluding tert-OH is 3. The molecule has 4 atom stereocenters. The topological polar surface area (TPSA) is 133 Å². The van der Waals surface area contributed by atoms with E-state index in [4.69, 9.17) is 21.1 Å². The quantitative estimate of drug-likeness (QED) is 0.312. The first-order valence-electron chi connectivity index (χ1n) is 3.60. The summed E-state index contributed by atoms with van der Waals surface area (Å²) < 4.78 is 4.61. The van der Waals surface area contributed by atoms with E-state index >= 15 is 0 Å². The monoisotopic (exact) mass is 193 g/mol. The van der Waals surface area contributed by atoms with Crippen molar-refractivity contribution >= 4 is 5.97 Å². The number of carboxylic acids is 1. The van der Waals surface area contributed by atoms with Crippen LogP contribution in [0.4, 0.5) is 0 Å². The fourth-order valence-corrected chi connectivity index (χ4v) is 1.17. The van der Waals surface area contributed by atoms with Crippen molar-refractivity contribution in [3.8, 4) is 0 Å². The molecule has 7 nitrogen and oxygen atoms in total. The molecule has 1 aliphatic heterocycles. The number of ether oxygens (including phenoxy) is 1. The standard InChI is InChI=1S/C6H11NO6/c7-6(5(11)12)4(10)3(9)2(1-8)13-6/h2-4,8-10H,1,7H2,(H,11,12)/t2-,3?,4?,6+/m1/s1. The van der Waals surface area contributed by atoms with E-state index in [0.29, 0.717) is 0 Å². The lowest BCUT2D eigenvalue weighted by Crippen LogP contribution is -2.57. The van der Waals surface area contributed by atoms with Crippen LogP contribution in [-0.4, -0.2) is 57.0 Å². The summed E-state index contributed by atoms with van der Waals surface area (Å²) in [6.45, 7) is -0.607. The van der Waals surface area contributed by atoms with Gasteiger partial charge in [0.25, 0.3) is 0 Å². The molecule has 0 radical (unpaired) electrons. The molecule has 1 heterocycles. The second kappa shape index (κ2) is 3.20. The third kappa shape index (κ3) is 1.40. The molecule has 0 aromatic heterocycles. The Hall–Kier alpha value is -0.730. The average molecular weight is 193 g/mol. The van der Waals surface area contributed by atoms with Gasteiger partial charge in [0.05, 0.1) is 6.61 Å². The van der Waals surface area contributed by atoms with Gasteiger partial charge >= 0.3 is 5.97 Å². The van der Waals surface area contributed by atoms with Gasteiger partial charge in [0, 0.05) is 0 Å². The molecule has 1 aliphatic rings. The predicted octanol–water partition coefficient (Wildman–Crippen LogP) is -3.16. The fourth-order valence-electron chi connectivity index (χ4n) is 1.17. The smallest absolute Gasteiger partial charge is 0.354 e. The Morgan fingerprint density at radius 2 is 2.08 bits per heavy atom. The summed E-state index contributed by atoms with van der Waals surface area (Å²) in [6, 6.07) is 0. The van der Waals surface area contributed by atoms with E-state index in [1.165, 1.54) is 0 Å². The van der Waals surface area contributed by atoms with E-state index < -0.39 is 36.6 Å². The second-order valence-corrected chi connectivity index (χ2v) is 2.87. The van der Waals surface area contributed by atoms with Crippen LogP contribution in [0.3, 0.4) is 0 Å². The molecule has 0 saturated carbocycles. The Bertz CT molecular complexity index is 221. The van der Waals surface area contributed by atoms with E-state index in [-0.39, 0.29) is 0 Å². The van der Waals surface area contributed by atoms with Gasteiger partial charge in [-0.25, -0.2) is 4.79 Å². The summed E-state index contributed by atoms with van der Waals surface area (Å²) in [5, 5.41) is 35.6. The Morgan fingerprint density at radius 1 is 1.54 bits per heavy atom. The third-order valence-electron chi connectivity index (χ3n) is 2.00. The number of rotatable bonds is 2. The molecule has 0 bridgehead atoms. The minimum atomic E-state index is -2.34. The van der Waals surface area contributed by atoms with Crippen LogP contribution in [0.5, 0.6) is 0 Å². The zero-order valence-corrected chi connectivity index (χ0v) is 6.62. The number of aliphatic hydroxyl groups is 3. The van der Waals surface area contributed by atoms with E-state index in [9.17, 15) is 9.90 Å². The van der Waals surface area contributed by atoms with E-state index in [0.717, 1.165) is 0 Å². The van der Waals surface area contributed by atoms with E-state index in [1.807, 2.05) is 0 Å². The molecular formula is C6H11NO6. The first kappa shape index (κ1) is 10.4. The molecular weight excluding hydrogens is 182 g/mol. The minimum absolute atomic E-state index is 0.607. The van der Waals surface area contributed by atoms with Crippen LogP contribution < -0.4 is 5.73 Å². The summed E-state index contributed by atoms with van der Waals surface area (Å²) >= 11 is 0. The fraction of sp³-hybridized carbons (Fsp3) is 0.833. The van der Waals surface area contributed by atoms with Gasteiger partial charge in [0.2, 0.25) is 5.72 Å². The Morgan fingerprint density at radius 3 is 2.31 bits per heavy atom. The molecule has 0 aliphatic carbocycles. The zero-order valence-electron chi connectivity index (χ0n) is 6.62. The zero-order chi connectivity index (χ0) is 10.2. The van der Waals surface area contributed by atoms with Gasteiger partial charge in [0.15, 0.2) is 0 Å². The number of aliphatic carboxylic acids is 1. The van der Waals surface area contributed by atoms with E-state index in [1.54, 1.807) is 0 Å². The summed E-state index contributed by atoms with van der Waals surface area (Å²) in [7, 11) is 0. The van der Waals surface area contributed by atoms with Crippen molar-refractivity contribution in [2.24, 2.45) is 5.73 Å². The third-order valence-corrected chi connectivity index (χ3v) is 2.00. The van der Waals surface area contributed by atoms with Gasteiger partial charge < -0.3 is 25.2 Å². The Balaban J connectivity index is 2.87. The van der Waals surface area contributed by atoms with Crippen LogP contribution in [0, 0.1) is 0 Å². The van der Waals surface area contributed by atoms with Gasteiger partial charge in [-0.15, -0.1) is 0 Å². The molecule has 0 aromatic rings. The first-order chi connectivity index (χ1) is 5.93. The molecule has 0 spiro atoms. The Kier molecular flexibility index (Phi) is 2.55. The van der Waals surface area contributed by atoms with Crippen molar-refractivity contribution in [3.05, 3.63) is 0 Å². The SMILES string of the molecule is N[C@]1(C(=O)O)O[C@H](CO)C(O)C1O. The maximum absolute atomic E-state index is 10.5. The molecule has 13 heavy (non-hydrogen) atoms. The number of carbonyl (C=O) groups is 1. The lowest BCUT2D eigenvalue weighted by Gasteiger charge is -2.21. The van der Waals surface area contributed by atoms with Crippen molar-refractivity contribution in [2.75, 3.05) is 6.61 Å². The molecule has 2 unspecified atom stereocenters. The number of hydrogen-bond acceptors (Lipinski definition) is 6. The van der Waals surface area contributed by atoms with Crippen molar-refractivity contribution in [3.63, 3.8) is 0 Å². The van der Waals surface area contributed by atoms with Gasteiger partial charge in [-0.05, 0) is 0 Å². The normalized spacial score (nSPS) is 45.1. The van der Waals surface area contributed by atoms with Gasteiger partial charge in [-0.1, -0.05) is 0 Å². The lowest BCUT2D eigenvalue weighted by molar-refractivity contribution is -0.173. The summed E-state index contributed by atoms with van der Waals surface area (Å²) in [4.78, 5) is 10.5. The van der Waals surface area contributed by atoms with Crippen LogP contribution in [0.2, 0.25) is 0 Å². The van der Waals surface area contributed by atoms with E-state index in [2.05, 4.69) is 4.74 Å². The van der Waals surface area contributed by atoms with Crippen LogP contribution in [0.1, 0.15) is 0 Å². The highest BCUT2D eigenvalue weighted by Gasteiger charge is 2.56. The molecule has 0 aromatic carbocycles. The van der Waals surface area contributed by atoms with Crippen molar-refractivity contribution in [1.29, 1.82) is 0 Å². The minimum Gasteiger partial charge on any atom is -0.478 e. The lowest BCUT2D eigenvalue weighted by atomic mass is 10.0. The largest absolute Gasteiger partial charge is 0.478 e. The average Bonchev–Trinajstić information content (AvgIpc) is 2.31. The predicted molar refractivity (Wildman–Crippen MR) is 38.5 cm³/mol. The van der Waals surface area contributed by atoms with Crippen molar-refractivity contribution in [2.45, 2.75) is 24.0 Å². The van der Waals surface area contributed by atoms with Crippen LogP contribution in [0.15, 0.2) is 0 Å². The Labute approximate surface area is 73.4 Å². The summed E-state index contributed by atoms with van der Waals surface area (Å²) in [6.07, 6.45) is -4.41. The highest BCUT2D eigenvalue weighted by atomic mass is 16.6. The van der Waals surface area contributed by atoms with Gasteiger partial charge in [-0.3, -0.25) is 5.73 Å². The van der Waals surface area contributed by atoms with Crippen LogP contribution >= 0.6 is 0 Å². The first-order valence-corrected chi connectivity index (χ1v) is 3.60. The highest BCUT2D eigenvalue weighted by Crippen LogP contribution is 2.27. The van der Waals surface area contributed by atoms with Gasteiger partial charge in [0.1, 0.15) is 18.3 Å². The highest BCUT2D eigenvalue weighted by molar-refractivity contribution is 5.78. The number of hydrogen-bond donors (Lipinski definition) is 5. The van der Waals surface area contributed by atoms with Gasteiger partial charge in [-0.2, -0.15) is 0 Å². The van der Waals surface area contributed by atoms with Crippen molar-refractivity contribution < 1.29 is 30.0 Å². The van der Waals surface area contributed by atoms with Crippen LogP contribution in [0.25, 0.3) is 0 Å². The molecule has 76 valence electrons. The molecule has 1 fully saturated rings. The molecule has 6 N–H and O–H groups in total. The van der Waals surface area contributed by atoms with Crippen LogP contribution in [-0.2, 0) is 9.53 Å². The molecule has 0 amide bonds. The summed E-state index contributed by atoms with van der Waals surface area (Å²) in [5.41, 5.74) is 2.82. The molecule has 7 heteroatoms. The maximum Gasteiger partial charge on any atom is 0.354 e.